The van der Waals surface area contributed by atoms with Gasteiger partial charge in [0.25, 0.3) is 0 Å². The summed E-state index contributed by atoms with van der Waals surface area (Å²) in [6.07, 6.45) is 3.62. The van der Waals surface area contributed by atoms with Crippen LogP contribution in [0.1, 0.15) is 24.0 Å². The third-order valence-electron chi connectivity index (χ3n) is 5.07. The Bertz CT molecular complexity index is 806. The van der Waals surface area contributed by atoms with E-state index in [0.717, 1.165) is 31.0 Å². The predicted molar refractivity (Wildman–Crippen MR) is 102 cm³/mol. The molecule has 1 saturated heterocycles. The van der Waals surface area contributed by atoms with Gasteiger partial charge in [-0.1, -0.05) is 12.2 Å². The molecule has 1 atom stereocenters. The molecule has 0 spiro atoms. The van der Waals surface area contributed by atoms with Crippen LogP contribution in [0.4, 0.5) is 24.5 Å². The van der Waals surface area contributed by atoms with E-state index < -0.39 is 11.7 Å². The first-order valence-electron chi connectivity index (χ1n) is 8.83. The summed E-state index contributed by atoms with van der Waals surface area (Å²) >= 11 is 0. The van der Waals surface area contributed by atoms with E-state index >= 15 is 0 Å². The first kappa shape index (κ1) is 19.3. The van der Waals surface area contributed by atoms with Crippen molar-refractivity contribution in [3.8, 4) is 0 Å². The van der Waals surface area contributed by atoms with Crippen molar-refractivity contribution >= 4 is 17.3 Å². The van der Waals surface area contributed by atoms with Gasteiger partial charge in [-0.3, -0.25) is 4.90 Å². The Morgan fingerprint density at radius 1 is 1.26 bits per heavy atom. The molecule has 0 saturated carbocycles. The quantitative estimate of drug-likeness (QED) is 0.625. The smallest absolute Gasteiger partial charge is 0.370 e. The minimum atomic E-state index is -4.49. The van der Waals surface area contributed by atoms with Crippen molar-refractivity contribution in [2.45, 2.75) is 32.0 Å². The fourth-order valence-corrected chi connectivity index (χ4v) is 3.69. The van der Waals surface area contributed by atoms with Crippen molar-refractivity contribution in [1.82, 2.24) is 4.90 Å². The molecule has 2 heterocycles. The maximum atomic E-state index is 13.5. The van der Waals surface area contributed by atoms with E-state index in [1.54, 1.807) is 6.07 Å². The number of benzene rings is 1. The molecule has 1 unspecified atom stereocenters. The van der Waals surface area contributed by atoms with Crippen molar-refractivity contribution in [2.24, 2.45) is 16.5 Å². The topological polar surface area (TPSA) is 70.9 Å². The van der Waals surface area contributed by atoms with Crippen LogP contribution in [0.5, 0.6) is 0 Å². The second-order valence-electron chi connectivity index (χ2n) is 6.99. The number of nitrogens with two attached hydrogens (primary N) is 2. The van der Waals surface area contributed by atoms with Crippen LogP contribution in [0.25, 0.3) is 0 Å². The van der Waals surface area contributed by atoms with Crippen LogP contribution in [-0.4, -0.2) is 37.0 Å². The fourth-order valence-electron chi connectivity index (χ4n) is 3.69. The average molecular weight is 379 g/mol. The highest BCUT2D eigenvalue weighted by molar-refractivity contribution is 5.81. The Balaban J connectivity index is 2.04. The van der Waals surface area contributed by atoms with Crippen LogP contribution in [0.2, 0.25) is 0 Å². The van der Waals surface area contributed by atoms with Crippen molar-refractivity contribution in [2.75, 3.05) is 25.0 Å². The summed E-state index contributed by atoms with van der Waals surface area (Å²) in [5.74, 6) is -0.272. The molecule has 0 aliphatic carbocycles. The number of likely N-dealkylation sites (N-methyl/N-ethyl adjacent to an activating group) is 1. The van der Waals surface area contributed by atoms with Gasteiger partial charge in [0.05, 0.1) is 11.3 Å². The summed E-state index contributed by atoms with van der Waals surface area (Å²) < 4.78 is 40.6. The van der Waals surface area contributed by atoms with E-state index in [2.05, 4.69) is 23.0 Å². The zero-order valence-corrected chi connectivity index (χ0v) is 15.4. The number of rotatable bonds is 3. The zero-order valence-electron chi connectivity index (χ0n) is 15.4. The highest BCUT2D eigenvalue weighted by Crippen LogP contribution is 2.39. The van der Waals surface area contributed by atoms with E-state index in [-0.39, 0.29) is 23.3 Å². The number of nitrogens with zero attached hydrogens (tertiary/aromatic N) is 3. The first-order valence-corrected chi connectivity index (χ1v) is 8.83. The van der Waals surface area contributed by atoms with Crippen molar-refractivity contribution in [3.05, 3.63) is 47.2 Å². The summed E-state index contributed by atoms with van der Waals surface area (Å²) in [5.41, 5.74) is 11.7. The lowest BCUT2D eigenvalue weighted by atomic mass is 10.0. The molecule has 2 aliphatic rings. The Labute approximate surface area is 156 Å². The minimum absolute atomic E-state index is 0.00642. The molecule has 1 aromatic rings. The maximum absolute atomic E-state index is 13.5. The number of likely N-dealkylation sites (tertiary alicyclic amines) is 1. The van der Waals surface area contributed by atoms with Gasteiger partial charge in [-0.2, -0.15) is 13.2 Å². The third kappa shape index (κ3) is 4.10. The maximum Gasteiger partial charge on any atom is 0.416 e. The molecule has 146 valence electrons. The molecule has 4 N–H and O–H groups in total. The highest BCUT2D eigenvalue weighted by Gasteiger charge is 2.34. The number of hydrogen-bond acceptors (Lipinski definition) is 3. The lowest BCUT2D eigenvalue weighted by Gasteiger charge is -2.29. The Morgan fingerprint density at radius 3 is 2.59 bits per heavy atom. The molecule has 0 amide bonds. The van der Waals surface area contributed by atoms with Crippen LogP contribution in [0.3, 0.4) is 0 Å². The molecule has 5 nitrogen and oxygen atoms in total. The van der Waals surface area contributed by atoms with Gasteiger partial charge in [-0.05, 0) is 56.6 Å². The molecule has 1 aromatic carbocycles. The van der Waals surface area contributed by atoms with E-state index in [1.807, 2.05) is 17.2 Å². The SMILES string of the molecule is Cc1c(N=C(N)N)cc(N2C=C(C3CCCN3C)C=CC2)cc1C(F)(F)F. The monoisotopic (exact) mass is 379 g/mol. The fraction of sp³-hybridized carbons (Fsp3) is 0.421. The molecule has 2 aliphatic heterocycles. The second kappa shape index (κ2) is 7.26. The van der Waals surface area contributed by atoms with Crippen LogP contribution in [0.15, 0.2) is 41.1 Å². The van der Waals surface area contributed by atoms with E-state index in [0.29, 0.717) is 12.2 Å². The third-order valence-corrected chi connectivity index (χ3v) is 5.07. The Hall–Kier alpha value is -2.48. The van der Waals surface area contributed by atoms with Gasteiger partial charge in [0.1, 0.15) is 0 Å². The lowest BCUT2D eigenvalue weighted by Crippen LogP contribution is -2.30. The van der Waals surface area contributed by atoms with Gasteiger partial charge in [0, 0.05) is 24.5 Å². The average Bonchev–Trinajstić information content (AvgIpc) is 3.01. The molecular formula is C19H24F3N5. The van der Waals surface area contributed by atoms with E-state index in [1.165, 1.54) is 6.92 Å². The lowest BCUT2D eigenvalue weighted by molar-refractivity contribution is -0.138. The van der Waals surface area contributed by atoms with Crippen molar-refractivity contribution in [1.29, 1.82) is 0 Å². The van der Waals surface area contributed by atoms with Gasteiger partial charge in [0.15, 0.2) is 5.96 Å². The van der Waals surface area contributed by atoms with Crippen LogP contribution < -0.4 is 16.4 Å². The first-order chi connectivity index (χ1) is 12.7. The number of anilines is 1. The molecule has 27 heavy (non-hydrogen) atoms. The van der Waals surface area contributed by atoms with E-state index in [9.17, 15) is 13.2 Å². The van der Waals surface area contributed by atoms with Crippen LogP contribution in [0, 0.1) is 6.92 Å². The molecule has 0 radical (unpaired) electrons. The molecule has 0 aromatic heterocycles. The predicted octanol–water partition coefficient (Wildman–Crippen LogP) is 3.27. The number of guanidine groups is 1. The van der Waals surface area contributed by atoms with Gasteiger partial charge < -0.3 is 16.4 Å². The minimum Gasteiger partial charge on any atom is -0.370 e. The number of alkyl halides is 3. The van der Waals surface area contributed by atoms with Crippen molar-refractivity contribution < 1.29 is 13.2 Å². The van der Waals surface area contributed by atoms with Crippen LogP contribution >= 0.6 is 0 Å². The Morgan fingerprint density at radius 2 is 2.00 bits per heavy atom. The van der Waals surface area contributed by atoms with Gasteiger partial charge in [-0.25, -0.2) is 4.99 Å². The normalized spacial score (nSPS) is 20.7. The number of aliphatic imine (C=N–C) groups is 1. The standard InChI is InChI=1S/C19H24F3N5/c1-12-15(19(20,21)22)9-14(10-16(12)25-18(23)24)27-8-3-5-13(11-27)17-6-4-7-26(17)2/h3,5,9-11,17H,4,6-8H2,1-2H3,(H4,23,24,25). The van der Waals surface area contributed by atoms with Crippen LogP contribution in [-0.2, 0) is 6.18 Å². The molecule has 8 heteroatoms. The largest absolute Gasteiger partial charge is 0.416 e. The van der Waals surface area contributed by atoms with Gasteiger partial charge in [-0.15, -0.1) is 0 Å². The van der Waals surface area contributed by atoms with Gasteiger partial charge in [0.2, 0.25) is 0 Å². The molecular weight excluding hydrogens is 355 g/mol. The number of hydrogen-bond donors (Lipinski definition) is 2. The van der Waals surface area contributed by atoms with E-state index in [4.69, 9.17) is 11.5 Å². The van der Waals surface area contributed by atoms with Gasteiger partial charge >= 0.3 is 6.18 Å². The zero-order chi connectivity index (χ0) is 19.8. The summed E-state index contributed by atoms with van der Waals surface area (Å²) in [7, 11) is 2.07. The summed E-state index contributed by atoms with van der Waals surface area (Å²) in [4.78, 5) is 7.97. The van der Waals surface area contributed by atoms with Crippen molar-refractivity contribution in [3.63, 3.8) is 0 Å². The molecule has 1 fully saturated rings. The Kier molecular flexibility index (Phi) is 5.19. The summed E-state index contributed by atoms with van der Waals surface area (Å²) in [6, 6.07) is 3.04. The highest BCUT2D eigenvalue weighted by atomic mass is 19.4. The summed E-state index contributed by atoms with van der Waals surface area (Å²) in [5, 5.41) is 0. The molecule has 0 bridgehead atoms. The summed E-state index contributed by atoms with van der Waals surface area (Å²) in [6.45, 7) is 2.88. The molecule has 3 rings (SSSR count). The second-order valence-corrected chi connectivity index (χ2v) is 6.99. The number of halogens is 3.